The molecule has 5 nitrogen and oxygen atoms in total. The topological polar surface area (TPSA) is 80.6 Å². The lowest BCUT2D eigenvalue weighted by Crippen LogP contribution is -1.99. The van der Waals surface area contributed by atoms with E-state index >= 15 is 0 Å². The van der Waals surface area contributed by atoms with E-state index < -0.39 is 0 Å². The normalized spacial score (nSPS) is 10.7. The zero-order valence-electron chi connectivity index (χ0n) is 9.23. The second-order valence-corrected chi connectivity index (χ2v) is 3.10. The Balaban J connectivity index is 2.90. The van der Waals surface area contributed by atoms with Crippen molar-refractivity contribution in [3.05, 3.63) is 23.8 Å². The maximum atomic E-state index is 8.29. The van der Waals surface area contributed by atoms with Gasteiger partial charge in [0.05, 0.1) is 12.8 Å². The summed E-state index contributed by atoms with van der Waals surface area (Å²) in [7, 11) is 1.57. The molecular formula is C11H13N3O2. The molecule has 16 heavy (non-hydrogen) atoms. The molecule has 1 aromatic rings. The fourth-order valence-corrected chi connectivity index (χ4v) is 1.16. The fraction of sp³-hybridized carbons (Fsp3) is 0.273. The molecule has 84 valence electrons. The van der Waals surface area contributed by atoms with Gasteiger partial charge in [0.2, 0.25) is 6.61 Å². The first kappa shape index (κ1) is 11.9. The summed E-state index contributed by atoms with van der Waals surface area (Å²) in [6.07, 6.45) is 0. The number of methoxy groups -OCH3 is 1. The van der Waals surface area contributed by atoms with Crippen molar-refractivity contribution in [3.63, 3.8) is 0 Å². The Morgan fingerprint density at radius 2 is 2.25 bits per heavy atom. The minimum Gasteiger partial charge on any atom is -0.497 e. The summed E-state index contributed by atoms with van der Waals surface area (Å²) in [5, 5.41) is 12.1. The van der Waals surface area contributed by atoms with Crippen molar-refractivity contribution in [1.82, 2.24) is 0 Å². The van der Waals surface area contributed by atoms with Gasteiger partial charge in [-0.05, 0) is 19.1 Å². The van der Waals surface area contributed by atoms with Gasteiger partial charge < -0.3 is 15.3 Å². The van der Waals surface area contributed by atoms with E-state index in [1.807, 2.05) is 6.07 Å². The highest BCUT2D eigenvalue weighted by Gasteiger charge is 2.02. The molecule has 0 spiro atoms. The van der Waals surface area contributed by atoms with E-state index in [-0.39, 0.29) is 6.61 Å². The molecule has 0 saturated carbocycles. The van der Waals surface area contributed by atoms with Crippen molar-refractivity contribution in [3.8, 4) is 11.8 Å². The van der Waals surface area contributed by atoms with E-state index in [1.165, 1.54) is 0 Å². The predicted octanol–water partition coefficient (Wildman–Crippen LogP) is 1.54. The van der Waals surface area contributed by atoms with Crippen molar-refractivity contribution in [2.75, 3.05) is 19.5 Å². The first-order valence-electron chi connectivity index (χ1n) is 4.66. The summed E-state index contributed by atoms with van der Waals surface area (Å²) in [5.41, 5.74) is 7.73. The molecule has 1 rings (SSSR count). The van der Waals surface area contributed by atoms with Crippen LogP contribution in [0.15, 0.2) is 23.4 Å². The predicted molar refractivity (Wildman–Crippen MR) is 61.2 cm³/mol. The molecule has 0 radical (unpaired) electrons. The number of hydrogen-bond donors (Lipinski definition) is 1. The van der Waals surface area contributed by atoms with Crippen molar-refractivity contribution in [2.24, 2.45) is 5.16 Å². The van der Waals surface area contributed by atoms with Crippen molar-refractivity contribution in [2.45, 2.75) is 6.92 Å². The molecule has 0 atom stereocenters. The Morgan fingerprint density at radius 3 is 2.88 bits per heavy atom. The molecule has 0 fully saturated rings. The number of oxime groups is 1. The number of nitrogen functional groups attached to an aromatic ring is 1. The summed E-state index contributed by atoms with van der Waals surface area (Å²) in [4.78, 5) is 4.76. The van der Waals surface area contributed by atoms with Crippen molar-refractivity contribution < 1.29 is 9.57 Å². The summed E-state index contributed by atoms with van der Waals surface area (Å²) in [6, 6.07) is 7.10. The first-order chi connectivity index (χ1) is 7.67. The maximum Gasteiger partial charge on any atom is 0.202 e. The van der Waals surface area contributed by atoms with Gasteiger partial charge >= 0.3 is 0 Å². The Morgan fingerprint density at radius 1 is 1.50 bits per heavy atom. The number of nitrogens with two attached hydrogens (primary N) is 1. The van der Waals surface area contributed by atoms with Gasteiger partial charge in [0, 0.05) is 17.3 Å². The van der Waals surface area contributed by atoms with Crippen LogP contribution in [0.4, 0.5) is 5.69 Å². The van der Waals surface area contributed by atoms with Crippen LogP contribution in [-0.4, -0.2) is 19.4 Å². The Labute approximate surface area is 94.1 Å². The SMILES string of the molecule is COc1cc(N)cc(/C(C)=N/OCC#N)c1. The minimum absolute atomic E-state index is 0.0726. The molecule has 2 N–H and O–H groups in total. The maximum absolute atomic E-state index is 8.29. The van der Waals surface area contributed by atoms with E-state index in [0.717, 1.165) is 5.56 Å². The number of nitriles is 1. The largest absolute Gasteiger partial charge is 0.497 e. The third kappa shape index (κ3) is 3.17. The van der Waals surface area contributed by atoms with Crippen LogP contribution in [0.2, 0.25) is 0 Å². The number of anilines is 1. The van der Waals surface area contributed by atoms with Gasteiger partial charge in [-0.1, -0.05) is 5.16 Å². The second-order valence-electron chi connectivity index (χ2n) is 3.10. The van der Waals surface area contributed by atoms with Crippen LogP contribution in [0.1, 0.15) is 12.5 Å². The zero-order valence-corrected chi connectivity index (χ0v) is 9.23. The molecule has 0 bridgehead atoms. The van der Waals surface area contributed by atoms with Crippen molar-refractivity contribution in [1.29, 1.82) is 5.26 Å². The highest BCUT2D eigenvalue weighted by Crippen LogP contribution is 2.19. The molecular weight excluding hydrogens is 206 g/mol. The fourth-order valence-electron chi connectivity index (χ4n) is 1.16. The van der Waals surface area contributed by atoms with Gasteiger partial charge in [0.25, 0.3) is 0 Å². The van der Waals surface area contributed by atoms with E-state index in [1.54, 1.807) is 32.2 Å². The van der Waals surface area contributed by atoms with Gasteiger partial charge in [-0.15, -0.1) is 0 Å². The number of hydrogen-bond acceptors (Lipinski definition) is 5. The van der Waals surface area contributed by atoms with Crippen LogP contribution >= 0.6 is 0 Å². The van der Waals surface area contributed by atoms with E-state index in [0.29, 0.717) is 17.1 Å². The standard InChI is InChI=1S/C11H13N3O2/c1-8(14-16-4-3-12)9-5-10(13)7-11(6-9)15-2/h5-7H,4,13H2,1-2H3/b14-8+. The number of benzene rings is 1. The lowest BCUT2D eigenvalue weighted by atomic mass is 10.1. The average Bonchev–Trinajstić information content (AvgIpc) is 2.28. The molecule has 5 heteroatoms. The van der Waals surface area contributed by atoms with Gasteiger partial charge in [-0.25, -0.2) is 0 Å². The third-order valence-electron chi connectivity index (χ3n) is 1.91. The van der Waals surface area contributed by atoms with Crippen LogP contribution in [0.25, 0.3) is 0 Å². The van der Waals surface area contributed by atoms with Crippen LogP contribution < -0.4 is 10.5 Å². The molecule has 0 amide bonds. The molecule has 0 saturated heterocycles. The second kappa shape index (κ2) is 5.61. The van der Waals surface area contributed by atoms with E-state index in [4.69, 9.17) is 20.6 Å². The quantitative estimate of drug-likeness (QED) is 0.360. The molecule has 0 aliphatic heterocycles. The van der Waals surface area contributed by atoms with Crippen LogP contribution in [0.5, 0.6) is 5.75 Å². The van der Waals surface area contributed by atoms with Gasteiger partial charge in [0.15, 0.2) is 0 Å². The number of rotatable bonds is 4. The number of nitrogens with zero attached hydrogens (tertiary/aromatic N) is 2. The zero-order chi connectivity index (χ0) is 12.0. The van der Waals surface area contributed by atoms with Crippen molar-refractivity contribution >= 4 is 11.4 Å². The molecule has 0 unspecified atom stereocenters. The molecule has 0 heterocycles. The Hall–Kier alpha value is -2.22. The lowest BCUT2D eigenvalue weighted by Gasteiger charge is -2.05. The molecule has 0 aliphatic carbocycles. The monoisotopic (exact) mass is 219 g/mol. The first-order valence-corrected chi connectivity index (χ1v) is 4.66. The average molecular weight is 219 g/mol. The lowest BCUT2D eigenvalue weighted by molar-refractivity contribution is 0.178. The van der Waals surface area contributed by atoms with E-state index in [9.17, 15) is 0 Å². The summed E-state index contributed by atoms with van der Waals surface area (Å²) in [5.74, 6) is 0.657. The van der Waals surface area contributed by atoms with E-state index in [2.05, 4.69) is 5.16 Å². The Kier molecular flexibility index (Phi) is 4.16. The molecule has 1 aromatic carbocycles. The van der Waals surface area contributed by atoms with Crippen LogP contribution in [-0.2, 0) is 4.84 Å². The number of ether oxygens (including phenoxy) is 1. The highest BCUT2D eigenvalue weighted by atomic mass is 16.6. The summed E-state index contributed by atoms with van der Waals surface area (Å²) >= 11 is 0. The van der Waals surface area contributed by atoms with Gasteiger partial charge in [0.1, 0.15) is 11.8 Å². The smallest absolute Gasteiger partial charge is 0.202 e. The molecule has 0 aliphatic rings. The third-order valence-corrected chi connectivity index (χ3v) is 1.91. The summed E-state index contributed by atoms with van der Waals surface area (Å²) < 4.78 is 5.08. The van der Waals surface area contributed by atoms with Crippen LogP contribution in [0, 0.1) is 11.3 Å². The van der Waals surface area contributed by atoms with Crippen LogP contribution in [0.3, 0.4) is 0 Å². The summed E-state index contributed by atoms with van der Waals surface area (Å²) in [6.45, 7) is 1.70. The minimum atomic E-state index is -0.0726. The molecule has 0 aromatic heterocycles. The van der Waals surface area contributed by atoms with Gasteiger partial charge in [-0.3, -0.25) is 0 Å². The highest BCUT2D eigenvalue weighted by molar-refractivity contribution is 5.99. The Bertz CT molecular complexity index is 435. The van der Waals surface area contributed by atoms with Gasteiger partial charge in [-0.2, -0.15) is 5.26 Å².